The highest BCUT2D eigenvalue weighted by atomic mass is 19.1. The van der Waals surface area contributed by atoms with Crippen LogP contribution in [0.5, 0.6) is 0 Å². The predicted molar refractivity (Wildman–Crippen MR) is 116 cm³/mol. The number of piperidine rings is 1. The van der Waals surface area contributed by atoms with Gasteiger partial charge in [0.2, 0.25) is 5.91 Å². The lowest BCUT2D eigenvalue weighted by atomic mass is 9.83. The van der Waals surface area contributed by atoms with Crippen LogP contribution >= 0.6 is 0 Å². The summed E-state index contributed by atoms with van der Waals surface area (Å²) in [4.78, 5) is 27.2. The zero-order valence-electron chi connectivity index (χ0n) is 18.1. The fourth-order valence-electron chi connectivity index (χ4n) is 5.22. The van der Waals surface area contributed by atoms with E-state index in [9.17, 15) is 14.0 Å². The zero-order chi connectivity index (χ0) is 21.1. The Hall–Kier alpha value is -1.75. The van der Waals surface area contributed by atoms with Gasteiger partial charge in [0.25, 0.3) is 0 Å². The molecule has 1 N–H and O–H groups in total. The van der Waals surface area contributed by atoms with Gasteiger partial charge in [-0.25, -0.2) is 4.39 Å². The normalized spacial score (nSPS) is 30.1. The second-order valence-electron chi connectivity index (χ2n) is 9.82. The van der Waals surface area contributed by atoms with Gasteiger partial charge in [0.1, 0.15) is 5.82 Å². The van der Waals surface area contributed by atoms with Gasteiger partial charge in [0.05, 0.1) is 0 Å². The molecule has 5 heteroatoms. The Bertz CT molecular complexity index is 734. The van der Waals surface area contributed by atoms with Crippen molar-refractivity contribution in [2.24, 2.45) is 23.7 Å². The molecule has 2 aliphatic carbocycles. The Morgan fingerprint density at radius 2 is 1.67 bits per heavy atom. The zero-order valence-corrected chi connectivity index (χ0v) is 18.1. The van der Waals surface area contributed by atoms with Crippen LogP contribution in [0.3, 0.4) is 0 Å². The van der Waals surface area contributed by atoms with Gasteiger partial charge in [0.15, 0.2) is 5.78 Å². The van der Waals surface area contributed by atoms with E-state index < -0.39 is 0 Å². The van der Waals surface area contributed by atoms with E-state index in [1.165, 1.54) is 31.4 Å². The van der Waals surface area contributed by atoms with E-state index in [1.807, 2.05) is 0 Å². The van der Waals surface area contributed by atoms with Crippen LogP contribution in [0.4, 0.5) is 4.39 Å². The molecule has 0 radical (unpaired) electrons. The van der Waals surface area contributed by atoms with Gasteiger partial charge < -0.3 is 10.2 Å². The molecule has 0 bridgehead atoms. The molecule has 1 heterocycles. The third kappa shape index (κ3) is 5.48. The molecular weight excluding hydrogens is 379 g/mol. The van der Waals surface area contributed by atoms with Crippen molar-refractivity contribution in [2.75, 3.05) is 19.6 Å². The standard InChI is InChI=1S/C25H35FN2O2/c1-17-16-23(17)25(30)27-22-8-2-18(3-9-22)10-13-28-14-11-20(12-15-28)24(29)19-4-6-21(26)7-5-19/h4-7,17-18,20,22-23H,2-3,8-16H2,1H3,(H,27,30). The number of nitrogens with one attached hydrogen (secondary N) is 1. The van der Waals surface area contributed by atoms with Crippen molar-refractivity contribution in [3.63, 3.8) is 0 Å². The lowest BCUT2D eigenvalue weighted by Gasteiger charge is -2.34. The summed E-state index contributed by atoms with van der Waals surface area (Å²) in [6.07, 6.45) is 8.74. The maximum Gasteiger partial charge on any atom is 0.223 e. The molecule has 3 aliphatic rings. The average molecular weight is 415 g/mol. The summed E-state index contributed by atoms with van der Waals surface area (Å²) in [7, 11) is 0. The highest BCUT2D eigenvalue weighted by Gasteiger charge is 2.40. The second kappa shape index (κ2) is 9.59. The van der Waals surface area contributed by atoms with Crippen LogP contribution in [0.2, 0.25) is 0 Å². The fraction of sp³-hybridized carbons (Fsp3) is 0.680. The van der Waals surface area contributed by atoms with Crippen LogP contribution in [0, 0.1) is 29.5 Å². The molecule has 2 saturated carbocycles. The van der Waals surface area contributed by atoms with Gasteiger partial charge >= 0.3 is 0 Å². The van der Waals surface area contributed by atoms with Gasteiger partial charge in [-0.05, 0) is 107 Å². The first kappa shape index (κ1) is 21.5. The maximum absolute atomic E-state index is 13.1. The van der Waals surface area contributed by atoms with Gasteiger partial charge in [-0.3, -0.25) is 9.59 Å². The molecule has 0 aromatic heterocycles. The van der Waals surface area contributed by atoms with E-state index in [2.05, 4.69) is 17.1 Å². The number of hydrogen-bond acceptors (Lipinski definition) is 3. The smallest absolute Gasteiger partial charge is 0.223 e. The van der Waals surface area contributed by atoms with E-state index in [4.69, 9.17) is 0 Å². The Balaban J connectivity index is 1.12. The van der Waals surface area contributed by atoms with Gasteiger partial charge in [-0.2, -0.15) is 0 Å². The number of ketones is 1. The largest absolute Gasteiger partial charge is 0.353 e. The first-order valence-electron chi connectivity index (χ1n) is 11.8. The minimum Gasteiger partial charge on any atom is -0.353 e. The molecule has 1 aromatic carbocycles. The molecule has 2 atom stereocenters. The average Bonchev–Trinajstić information content (AvgIpc) is 3.50. The first-order chi connectivity index (χ1) is 14.5. The summed E-state index contributed by atoms with van der Waals surface area (Å²) in [6.45, 7) is 5.21. The monoisotopic (exact) mass is 414 g/mol. The molecule has 1 aliphatic heterocycles. The lowest BCUT2D eigenvalue weighted by molar-refractivity contribution is -0.123. The summed E-state index contributed by atoms with van der Waals surface area (Å²) >= 11 is 0. The molecule has 30 heavy (non-hydrogen) atoms. The topological polar surface area (TPSA) is 49.4 Å². The third-order valence-corrected chi connectivity index (χ3v) is 7.58. The second-order valence-corrected chi connectivity index (χ2v) is 9.82. The minimum atomic E-state index is -0.296. The molecule has 4 nitrogen and oxygen atoms in total. The van der Waals surface area contributed by atoms with Gasteiger partial charge in [-0.1, -0.05) is 6.92 Å². The van der Waals surface area contributed by atoms with E-state index in [0.717, 1.165) is 57.7 Å². The minimum absolute atomic E-state index is 0.0694. The number of nitrogens with zero attached hydrogens (tertiary/aromatic N) is 1. The molecular formula is C25H35FN2O2. The summed E-state index contributed by atoms with van der Waals surface area (Å²) in [5, 5.41) is 3.27. The van der Waals surface area contributed by atoms with Crippen molar-refractivity contribution < 1.29 is 14.0 Å². The molecule has 4 rings (SSSR count). The van der Waals surface area contributed by atoms with Crippen molar-refractivity contribution in [1.29, 1.82) is 0 Å². The van der Waals surface area contributed by atoms with Crippen molar-refractivity contribution in [3.8, 4) is 0 Å². The molecule has 164 valence electrons. The Kier molecular flexibility index (Phi) is 6.87. The van der Waals surface area contributed by atoms with E-state index in [-0.39, 0.29) is 29.3 Å². The van der Waals surface area contributed by atoms with Crippen LogP contribution in [0.25, 0.3) is 0 Å². The van der Waals surface area contributed by atoms with Crippen LogP contribution in [0.1, 0.15) is 68.6 Å². The number of hydrogen-bond donors (Lipinski definition) is 1. The lowest BCUT2D eigenvalue weighted by Crippen LogP contribution is -2.40. The van der Waals surface area contributed by atoms with Crippen LogP contribution in [-0.4, -0.2) is 42.3 Å². The molecule has 1 saturated heterocycles. The summed E-state index contributed by atoms with van der Waals surface area (Å²) < 4.78 is 13.1. The van der Waals surface area contributed by atoms with E-state index in [0.29, 0.717) is 17.5 Å². The maximum atomic E-state index is 13.1. The number of Topliss-reactive ketones (excluding diaryl/α,β-unsaturated/α-hetero) is 1. The Labute approximate surface area is 179 Å². The Morgan fingerprint density at radius 3 is 2.27 bits per heavy atom. The molecule has 1 aromatic rings. The molecule has 2 unspecified atom stereocenters. The van der Waals surface area contributed by atoms with Crippen molar-refractivity contribution in [3.05, 3.63) is 35.6 Å². The third-order valence-electron chi connectivity index (χ3n) is 7.58. The number of amides is 1. The SMILES string of the molecule is CC1CC1C(=O)NC1CCC(CCN2CCC(C(=O)c3ccc(F)cc3)CC2)CC1. The number of rotatable bonds is 7. The number of halogens is 1. The van der Waals surface area contributed by atoms with Gasteiger partial charge in [0, 0.05) is 23.4 Å². The molecule has 3 fully saturated rings. The predicted octanol–water partition coefficient (Wildman–Crippen LogP) is 4.44. The number of carbonyl (C=O) groups excluding carboxylic acids is 2. The summed E-state index contributed by atoms with van der Waals surface area (Å²) in [5.41, 5.74) is 0.634. The number of likely N-dealkylation sites (tertiary alicyclic amines) is 1. The fourth-order valence-corrected chi connectivity index (χ4v) is 5.22. The quantitative estimate of drug-likeness (QED) is 0.671. The van der Waals surface area contributed by atoms with E-state index in [1.54, 1.807) is 12.1 Å². The Morgan fingerprint density at radius 1 is 1.03 bits per heavy atom. The molecule has 1 amide bonds. The van der Waals surface area contributed by atoms with Crippen molar-refractivity contribution in [2.45, 2.75) is 64.3 Å². The summed E-state index contributed by atoms with van der Waals surface area (Å²) in [6, 6.07) is 6.33. The first-order valence-corrected chi connectivity index (χ1v) is 11.8. The van der Waals surface area contributed by atoms with Crippen molar-refractivity contribution >= 4 is 11.7 Å². The summed E-state index contributed by atoms with van der Waals surface area (Å²) in [5.74, 6) is 1.84. The van der Waals surface area contributed by atoms with Crippen LogP contribution in [-0.2, 0) is 4.79 Å². The van der Waals surface area contributed by atoms with Crippen molar-refractivity contribution in [1.82, 2.24) is 10.2 Å². The van der Waals surface area contributed by atoms with E-state index >= 15 is 0 Å². The highest BCUT2D eigenvalue weighted by Crippen LogP contribution is 2.38. The molecule has 0 spiro atoms. The van der Waals surface area contributed by atoms with Crippen LogP contribution in [0.15, 0.2) is 24.3 Å². The van der Waals surface area contributed by atoms with Crippen LogP contribution < -0.4 is 5.32 Å². The highest BCUT2D eigenvalue weighted by molar-refractivity contribution is 5.97. The number of carbonyl (C=O) groups is 2. The van der Waals surface area contributed by atoms with Gasteiger partial charge in [-0.15, -0.1) is 0 Å². The number of benzene rings is 1.